The largest absolute Gasteiger partial charge is 0.299 e. The summed E-state index contributed by atoms with van der Waals surface area (Å²) in [6.07, 6.45) is 24.5. The van der Waals surface area contributed by atoms with Crippen molar-refractivity contribution in [2.75, 3.05) is 13.1 Å². The minimum absolute atomic E-state index is 0.0494. The standard InChI is InChI=1S/C29H52FN/c1-3-5-7-9-11-13-15-17-21-25-31(27-28-23-19-20-24-29(28)30)26-22-18-16-14-12-10-8-6-4-2/h19-20,23-24H,3-18,21-22,25-27H2,1-2H3. The van der Waals surface area contributed by atoms with E-state index in [9.17, 15) is 4.39 Å². The zero-order chi connectivity index (χ0) is 22.4. The molecular formula is C29H52FN. The van der Waals surface area contributed by atoms with Crippen molar-refractivity contribution in [2.24, 2.45) is 0 Å². The summed E-state index contributed by atoms with van der Waals surface area (Å²) < 4.78 is 14.2. The van der Waals surface area contributed by atoms with Crippen molar-refractivity contribution in [3.63, 3.8) is 0 Å². The molecule has 1 aromatic rings. The molecule has 1 nitrogen and oxygen atoms in total. The molecule has 0 aliphatic rings. The maximum Gasteiger partial charge on any atom is 0.127 e. The topological polar surface area (TPSA) is 3.24 Å². The third kappa shape index (κ3) is 16.4. The fourth-order valence-electron chi connectivity index (χ4n) is 4.43. The molecule has 0 atom stereocenters. The summed E-state index contributed by atoms with van der Waals surface area (Å²) in [4.78, 5) is 2.50. The lowest BCUT2D eigenvalue weighted by Gasteiger charge is -2.23. The predicted octanol–water partition coefficient (Wildman–Crippen LogP) is 9.69. The van der Waals surface area contributed by atoms with Gasteiger partial charge in [0.25, 0.3) is 0 Å². The van der Waals surface area contributed by atoms with Gasteiger partial charge in [0.05, 0.1) is 0 Å². The number of hydrogen-bond acceptors (Lipinski definition) is 1. The average molecular weight is 434 g/mol. The van der Waals surface area contributed by atoms with E-state index >= 15 is 0 Å². The Morgan fingerprint density at radius 2 is 0.935 bits per heavy atom. The van der Waals surface area contributed by atoms with Gasteiger partial charge in [-0.2, -0.15) is 0 Å². The Morgan fingerprint density at radius 1 is 0.548 bits per heavy atom. The quantitative estimate of drug-likeness (QED) is 0.164. The van der Waals surface area contributed by atoms with E-state index in [-0.39, 0.29) is 5.82 Å². The molecule has 0 aliphatic carbocycles. The number of unbranched alkanes of at least 4 members (excludes halogenated alkanes) is 16. The molecule has 0 radical (unpaired) electrons. The van der Waals surface area contributed by atoms with Crippen molar-refractivity contribution < 1.29 is 4.39 Å². The van der Waals surface area contributed by atoms with E-state index in [0.29, 0.717) is 0 Å². The molecule has 0 spiro atoms. The Kier molecular flexibility index (Phi) is 19.0. The van der Waals surface area contributed by atoms with E-state index < -0.39 is 0 Å². The number of nitrogens with zero attached hydrogens (tertiary/aromatic N) is 1. The third-order valence-electron chi connectivity index (χ3n) is 6.51. The number of rotatable bonds is 22. The van der Waals surface area contributed by atoms with Crippen LogP contribution in [-0.4, -0.2) is 18.0 Å². The molecule has 0 amide bonds. The molecule has 0 saturated heterocycles. The fraction of sp³-hybridized carbons (Fsp3) is 0.793. The van der Waals surface area contributed by atoms with E-state index in [1.54, 1.807) is 12.1 Å². The van der Waals surface area contributed by atoms with Crippen LogP contribution in [0.2, 0.25) is 0 Å². The molecule has 0 fully saturated rings. The lowest BCUT2D eigenvalue weighted by atomic mass is 10.1. The first-order valence-corrected chi connectivity index (χ1v) is 13.7. The predicted molar refractivity (Wildman–Crippen MR) is 136 cm³/mol. The van der Waals surface area contributed by atoms with Gasteiger partial charge in [0.1, 0.15) is 5.82 Å². The van der Waals surface area contributed by atoms with Gasteiger partial charge in [0, 0.05) is 12.1 Å². The van der Waals surface area contributed by atoms with E-state index in [1.165, 1.54) is 116 Å². The summed E-state index contributed by atoms with van der Waals surface area (Å²) in [5.74, 6) is -0.0494. The maximum absolute atomic E-state index is 14.2. The van der Waals surface area contributed by atoms with E-state index in [0.717, 1.165) is 25.2 Å². The highest BCUT2D eigenvalue weighted by molar-refractivity contribution is 5.17. The second kappa shape index (κ2) is 21.0. The zero-order valence-electron chi connectivity index (χ0n) is 21.0. The van der Waals surface area contributed by atoms with Gasteiger partial charge in [-0.05, 0) is 32.0 Å². The second-order valence-corrected chi connectivity index (χ2v) is 9.52. The monoisotopic (exact) mass is 433 g/mol. The Labute approximate surface area is 194 Å². The van der Waals surface area contributed by atoms with Gasteiger partial charge in [0.2, 0.25) is 0 Å². The number of halogens is 1. The van der Waals surface area contributed by atoms with Crippen LogP contribution in [0.3, 0.4) is 0 Å². The average Bonchev–Trinajstić information content (AvgIpc) is 2.78. The zero-order valence-corrected chi connectivity index (χ0v) is 21.0. The highest BCUT2D eigenvalue weighted by atomic mass is 19.1. The van der Waals surface area contributed by atoms with Gasteiger partial charge < -0.3 is 0 Å². The van der Waals surface area contributed by atoms with Gasteiger partial charge in [-0.15, -0.1) is 0 Å². The van der Waals surface area contributed by atoms with Crippen molar-refractivity contribution in [3.05, 3.63) is 35.6 Å². The van der Waals surface area contributed by atoms with Crippen molar-refractivity contribution >= 4 is 0 Å². The molecule has 0 aliphatic heterocycles. The van der Waals surface area contributed by atoms with Crippen molar-refractivity contribution in [3.8, 4) is 0 Å². The Hall–Kier alpha value is -0.890. The summed E-state index contributed by atoms with van der Waals surface area (Å²) in [6, 6.07) is 7.32. The molecule has 0 heterocycles. The number of hydrogen-bond donors (Lipinski definition) is 0. The van der Waals surface area contributed by atoms with Crippen LogP contribution in [0.5, 0.6) is 0 Å². The Balaban J connectivity index is 2.22. The first-order valence-electron chi connectivity index (χ1n) is 13.7. The van der Waals surface area contributed by atoms with Gasteiger partial charge in [0.15, 0.2) is 0 Å². The Bertz CT molecular complexity index is 479. The summed E-state index contributed by atoms with van der Waals surface area (Å²) in [7, 11) is 0. The molecule has 0 saturated carbocycles. The van der Waals surface area contributed by atoms with Gasteiger partial charge in [-0.25, -0.2) is 4.39 Å². The van der Waals surface area contributed by atoms with Gasteiger partial charge >= 0.3 is 0 Å². The molecule has 31 heavy (non-hydrogen) atoms. The Morgan fingerprint density at radius 3 is 1.35 bits per heavy atom. The summed E-state index contributed by atoms with van der Waals surface area (Å²) in [6.45, 7) is 7.55. The van der Waals surface area contributed by atoms with Crippen LogP contribution < -0.4 is 0 Å². The molecule has 0 N–H and O–H groups in total. The molecule has 2 heteroatoms. The maximum atomic E-state index is 14.2. The van der Waals surface area contributed by atoms with Gasteiger partial charge in [-0.1, -0.05) is 135 Å². The van der Waals surface area contributed by atoms with Crippen LogP contribution in [0.15, 0.2) is 24.3 Å². The molecular weight excluding hydrogens is 381 g/mol. The van der Waals surface area contributed by atoms with Crippen LogP contribution in [0.4, 0.5) is 4.39 Å². The smallest absolute Gasteiger partial charge is 0.127 e. The SMILES string of the molecule is CCCCCCCCCCCN(CCCCCCCCCCC)Cc1ccccc1F. The molecule has 1 rings (SSSR count). The first kappa shape index (κ1) is 28.1. The van der Waals surface area contributed by atoms with Crippen molar-refractivity contribution in [1.29, 1.82) is 0 Å². The lowest BCUT2D eigenvalue weighted by Crippen LogP contribution is -2.26. The van der Waals surface area contributed by atoms with Crippen molar-refractivity contribution in [2.45, 2.75) is 136 Å². The third-order valence-corrected chi connectivity index (χ3v) is 6.51. The normalized spacial score (nSPS) is 11.5. The van der Waals surface area contributed by atoms with E-state index in [2.05, 4.69) is 18.7 Å². The van der Waals surface area contributed by atoms with Crippen LogP contribution >= 0.6 is 0 Å². The molecule has 0 bridgehead atoms. The molecule has 0 aromatic heterocycles. The van der Waals surface area contributed by atoms with Crippen LogP contribution in [0, 0.1) is 5.82 Å². The minimum Gasteiger partial charge on any atom is -0.299 e. The number of benzene rings is 1. The highest BCUT2D eigenvalue weighted by Crippen LogP contribution is 2.15. The summed E-state index contributed by atoms with van der Waals surface area (Å²) in [5, 5.41) is 0. The molecule has 1 aromatic carbocycles. The molecule has 0 unspecified atom stereocenters. The lowest BCUT2D eigenvalue weighted by molar-refractivity contribution is 0.249. The van der Waals surface area contributed by atoms with Gasteiger partial charge in [-0.3, -0.25) is 4.90 Å². The van der Waals surface area contributed by atoms with Crippen LogP contribution in [-0.2, 0) is 6.54 Å². The highest BCUT2D eigenvalue weighted by Gasteiger charge is 2.09. The van der Waals surface area contributed by atoms with E-state index in [4.69, 9.17) is 0 Å². The fourth-order valence-corrected chi connectivity index (χ4v) is 4.43. The summed E-state index contributed by atoms with van der Waals surface area (Å²) >= 11 is 0. The van der Waals surface area contributed by atoms with E-state index in [1.807, 2.05) is 12.1 Å². The van der Waals surface area contributed by atoms with Crippen LogP contribution in [0.1, 0.15) is 135 Å². The first-order chi connectivity index (χ1) is 15.3. The summed E-state index contributed by atoms with van der Waals surface area (Å²) in [5.41, 5.74) is 0.856. The second-order valence-electron chi connectivity index (χ2n) is 9.52. The molecule has 180 valence electrons. The van der Waals surface area contributed by atoms with Crippen LogP contribution in [0.25, 0.3) is 0 Å². The minimum atomic E-state index is -0.0494. The van der Waals surface area contributed by atoms with Crippen molar-refractivity contribution in [1.82, 2.24) is 4.90 Å².